The van der Waals surface area contributed by atoms with Gasteiger partial charge in [0.25, 0.3) is 11.2 Å². The lowest BCUT2D eigenvalue weighted by atomic mass is 10.1. The number of aromatic nitrogens is 3. The zero-order valence-corrected chi connectivity index (χ0v) is 14.6. The standard InChI is InChI=1S/C17H9BrN4O4/c18-10-1-3-11(4-2-10)21-14-6-5-12(22(25)26)7-9(14)8-13-15(21)19-17(24)20-16(13)23/h1-8H,(H,20,23,24). The smallest absolute Gasteiger partial charge is 0.294 e. The van der Waals surface area contributed by atoms with Crippen LogP contribution < -0.4 is 11.2 Å². The number of non-ortho nitro benzene ring substituents is 1. The topological polar surface area (TPSA) is 111 Å². The molecule has 2 aromatic rings. The van der Waals surface area contributed by atoms with Crippen molar-refractivity contribution < 1.29 is 4.92 Å². The van der Waals surface area contributed by atoms with Gasteiger partial charge in [-0.1, -0.05) is 15.9 Å². The van der Waals surface area contributed by atoms with Crippen LogP contribution >= 0.6 is 15.9 Å². The Morgan fingerprint density at radius 3 is 2.50 bits per heavy atom. The number of halogens is 1. The average molecular weight is 413 g/mol. The van der Waals surface area contributed by atoms with E-state index in [2.05, 4.69) is 25.9 Å². The summed E-state index contributed by atoms with van der Waals surface area (Å²) in [6.07, 6.45) is 0. The van der Waals surface area contributed by atoms with Crippen LogP contribution in [-0.4, -0.2) is 19.5 Å². The van der Waals surface area contributed by atoms with E-state index >= 15 is 0 Å². The molecule has 0 fully saturated rings. The molecule has 0 radical (unpaired) electrons. The molecule has 2 heterocycles. The van der Waals surface area contributed by atoms with Crippen molar-refractivity contribution in [3.8, 4) is 17.1 Å². The van der Waals surface area contributed by atoms with Gasteiger partial charge in [0, 0.05) is 27.7 Å². The van der Waals surface area contributed by atoms with Gasteiger partial charge in [0.15, 0.2) is 5.82 Å². The molecule has 0 saturated carbocycles. The van der Waals surface area contributed by atoms with Gasteiger partial charge in [-0.2, -0.15) is 4.98 Å². The van der Waals surface area contributed by atoms with Crippen molar-refractivity contribution in [2.75, 3.05) is 0 Å². The Bertz CT molecular complexity index is 1260. The predicted molar refractivity (Wildman–Crippen MR) is 98.9 cm³/mol. The summed E-state index contributed by atoms with van der Waals surface area (Å²) in [4.78, 5) is 40.7. The van der Waals surface area contributed by atoms with Crippen molar-refractivity contribution in [2.45, 2.75) is 0 Å². The summed E-state index contributed by atoms with van der Waals surface area (Å²) >= 11 is 3.36. The first-order chi connectivity index (χ1) is 12.4. The number of nitro benzene ring substituents is 1. The van der Waals surface area contributed by atoms with Gasteiger partial charge in [-0.3, -0.25) is 24.5 Å². The maximum absolute atomic E-state index is 12.2. The molecular formula is C17H9BrN4O4. The Kier molecular flexibility index (Phi) is 3.66. The van der Waals surface area contributed by atoms with Gasteiger partial charge >= 0.3 is 5.69 Å². The summed E-state index contributed by atoms with van der Waals surface area (Å²) in [5.74, 6) is 0.183. The van der Waals surface area contributed by atoms with Gasteiger partial charge < -0.3 is 0 Å². The lowest BCUT2D eigenvalue weighted by Crippen LogP contribution is -2.27. The van der Waals surface area contributed by atoms with E-state index in [1.54, 1.807) is 22.8 Å². The second kappa shape index (κ2) is 5.88. The summed E-state index contributed by atoms with van der Waals surface area (Å²) in [5.41, 5.74) is -0.0310. The molecule has 0 unspecified atom stereocenters. The van der Waals surface area contributed by atoms with E-state index in [1.165, 1.54) is 18.2 Å². The van der Waals surface area contributed by atoms with Crippen LogP contribution in [0.2, 0.25) is 0 Å². The number of hydrogen-bond donors (Lipinski definition) is 1. The molecule has 0 amide bonds. The number of rotatable bonds is 2. The summed E-state index contributed by atoms with van der Waals surface area (Å²) < 4.78 is 2.50. The van der Waals surface area contributed by atoms with Gasteiger partial charge in [0.05, 0.1) is 16.0 Å². The molecule has 128 valence electrons. The van der Waals surface area contributed by atoms with Crippen LogP contribution in [-0.2, 0) is 0 Å². The highest BCUT2D eigenvalue weighted by Crippen LogP contribution is 2.30. The van der Waals surface area contributed by atoms with E-state index in [0.29, 0.717) is 16.6 Å². The molecule has 2 aliphatic rings. The van der Waals surface area contributed by atoms with Crippen LogP contribution in [0.25, 0.3) is 28.0 Å². The minimum atomic E-state index is -0.755. The van der Waals surface area contributed by atoms with Crippen LogP contribution in [0.1, 0.15) is 0 Å². The molecule has 1 N–H and O–H groups in total. The second-order valence-electron chi connectivity index (χ2n) is 5.56. The van der Waals surface area contributed by atoms with Gasteiger partial charge in [0.1, 0.15) is 0 Å². The number of nitrogens with zero attached hydrogens (tertiary/aromatic N) is 3. The van der Waals surface area contributed by atoms with Gasteiger partial charge in [0.2, 0.25) is 0 Å². The Labute approximate surface area is 153 Å². The monoisotopic (exact) mass is 412 g/mol. The highest BCUT2D eigenvalue weighted by atomic mass is 79.9. The lowest BCUT2D eigenvalue weighted by Gasteiger charge is -2.17. The summed E-state index contributed by atoms with van der Waals surface area (Å²) in [6, 6.07) is 13.0. The fourth-order valence-electron chi connectivity index (χ4n) is 2.85. The van der Waals surface area contributed by atoms with E-state index in [9.17, 15) is 19.7 Å². The molecule has 0 bridgehead atoms. The molecule has 2 aliphatic heterocycles. The summed E-state index contributed by atoms with van der Waals surface area (Å²) in [5, 5.41) is 11.6. The minimum Gasteiger partial charge on any atom is -0.294 e. The molecule has 0 atom stereocenters. The van der Waals surface area contributed by atoms with E-state index in [0.717, 1.165) is 4.47 Å². The quantitative estimate of drug-likeness (QED) is 0.309. The zero-order valence-electron chi connectivity index (χ0n) is 13.0. The average Bonchev–Trinajstić information content (AvgIpc) is 2.60. The number of nitrogens with one attached hydrogen (secondary N) is 1. The number of nitro groups is 1. The van der Waals surface area contributed by atoms with Crippen LogP contribution in [0.3, 0.4) is 0 Å². The minimum absolute atomic E-state index is 0.0935. The van der Waals surface area contributed by atoms with Crippen molar-refractivity contribution in [3.05, 3.63) is 84.0 Å². The van der Waals surface area contributed by atoms with Crippen molar-refractivity contribution in [2.24, 2.45) is 0 Å². The normalized spacial score (nSPS) is 11.1. The van der Waals surface area contributed by atoms with E-state index in [4.69, 9.17) is 0 Å². The molecule has 0 aliphatic carbocycles. The number of pyridine rings is 1. The number of benzene rings is 2. The SMILES string of the molecule is O=c1nc2n(-c3ccc(Br)cc3)c3ccc([N+](=O)[O-])cc3cc-2c(=O)[nH]1. The third-order valence-electron chi connectivity index (χ3n) is 3.97. The van der Waals surface area contributed by atoms with E-state index in [1.807, 2.05) is 12.1 Å². The molecule has 0 spiro atoms. The number of aromatic amines is 1. The molecule has 8 nitrogen and oxygen atoms in total. The highest BCUT2D eigenvalue weighted by molar-refractivity contribution is 9.10. The summed E-state index contributed by atoms with van der Waals surface area (Å²) in [6.45, 7) is 0. The van der Waals surface area contributed by atoms with Gasteiger partial charge in [-0.15, -0.1) is 0 Å². The van der Waals surface area contributed by atoms with Crippen molar-refractivity contribution in [3.63, 3.8) is 0 Å². The van der Waals surface area contributed by atoms with Crippen molar-refractivity contribution >= 4 is 32.5 Å². The number of fused-ring (bicyclic) bond motifs is 2. The molecular weight excluding hydrogens is 404 g/mol. The molecule has 9 heteroatoms. The number of hydrogen-bond acceptors (Lipinski definition) is 5. The van der Waals surface area contributed by atoms with Gasteiger partial charge in [-0.05, 0) is 36.4 Å². The van der Waals surface area contributed by atoms with Crippen LogP contribution in [0.5, 0.6) is 0 Å². The molecule has 0 saturated heterocycles. The van der Waals surface area contributed by atoms with Crippen molar-refractivity contribution in [1.29, 1.82) is 0 Å². The molecule has 26 heavy (non-hydrogen) atoms. The first-order valence-electron chi connectivity index (χ1n) is 7.44. The van der Waals surface area contributed by atoms with Crippen LogP contribution in [0, 0.1) is 10.1 Å². The third kappa shape index (κ3) is 2.58. The third-order valence-corrected chi connectivity index (χ3v) is 4.50. The van der Waals surface area contributed by atoms with E-state index < -0.39 is 16.2 Å². The Morgan fingerprint density at radius 2 is 1.81 bits per heavy atom. The predicted octanol–water partition coefficient (Wildman–Crippen LogP) is 2.85. The largest absolute Gasteiger partial charge is 0.349 e. The Balaban J connectivity index is 2.20. The maximum atomic E-state index is 12.2. The second-order valence-corrected chi connectivity index (χ2v) is 6.48. The zero-order chi connectivity index (χ0) is 18.4. The fourth-order valence-corrected chi connectivity index (χ4v) is 3.11. The lowest BCUT2D eigenvalue weighted by molar-refractivity contribution is -0.384. The first-order valence-corrected chi connectivity index (χ1v) is 8.23. The fraction of sp³-hybridized carbons (Fsp3) is 0. The van der Waals surface area contributed by atoms with Crippen molar-refractivity contribution in [1.82, 2.24) is 14.5 Å². The first kappa shape index (κ1) is 16.2. The molecule has 0 aromatic heterocycles. The molecule has 4 rings (SSSR count). The number of H-pyrrole nitrogens is 1. The summed E-state index contributed by atoms with van der Waals surface area (Å²) in [7, 11) is 0. The molecule has 2 aromatic carbocycles. The maximum Gasteiger partial charge on any atom is 0.349 e. The van der Waals surface area contributed by atoms with E-state index in [-0.39, 0.29) is 17.1 Å². The Morgan fingerprint density at radius 1 is 1.08 bits per heavy atom. The highest BCUT2D eigenvalue weighted by Gasteiger charge is 2.19. The van der Waals surface area contributed by atoms with Gasteiger partial charge in [-0.25, -0.2) is 4.79 Å². The van der Waals surface area contributed by atoms with Crippen LogP contribution in [0.15, 0.2) is 62.6 Å². The Hall–Kier alpha value is -3.33. The van der Waals surface area contributed by atoms with Crippen LogP contribution in [0.4, 0.5) is 5.69 Å².